The highest BCUT2D eigenvalue weighted by atomic mass is 15.2. The second-order valence-corrected chi connectivity index (χ2v) is 3.95. The van der Waals surface area contributed by atoms with Crippen molar-refractivity contribution in [1.82, 2.24) is 0 Å². The average molecular weight is 189 g/mol. The third-order valence-electron chi connectivity index (χ3n) is 2.95. The first-order valence-corrected chi connectivity index (χ1v) is 5.38. The molecule has 0 spiro atoms. The predicted molar refractivity (Wildman–Crippen MR) is 53.8 cm³/mol. The fourth-order valence-electron chi connectivity index (χ4n) is 2.17. The van der Waals surface area contributed by atoms with Gasteiger partial charge in [0.1, 0.15) is 0 Å². The van der Waals surface area contributed by atoms with Crippen molar-refractivity contribution in [3.8, 4) is 6.07 Å². The number of hydrogen-bond acceptors (Lipinski definition) is 3. The molecule has 2 bridgehead atoms. The van der Waals surface area contributed by atoms with Crippen molar-refractivity contribution in [1.29, 1.82) is 5.26 Å². The van der Waals surface area contributed by atoms with E-state index in [2.05, 4.69) is 22.4 Å². The molecule has 0 unspecified atom stereocenters. The molecule has 74 valence electrons. The third kappa shape index (κ3) is 1.84. The zero-order valence-corrected chi connectivity index (χ0v) is 8.32. The standard InChI is InChI=1S/C11H15N3/c12-8-4-2-1-3-5-9-10-6-7-11(9)14-13-10/h5,10-11H,1-4,6-7H2/t10-,11+. The minimum Gasteiger partial charge on any atom is -0.198 e. The SMILES string of the molecule is N#CCCCCC=C1[C@@H]2CC[C@H]1N=N2. The van der Waals surface area contributed by atoms with Gasteiger partial charge in [0.05, 0.1) is 18.2 Å². The van der Waals surface area contributed by atoms with Crippen LogP contribution >= 0.6 is 0 Å². The van der Waals surface area contributed by atoms with E-state index in [0.717, 1.165) is 19.3 Å². The lowest BCUT2D eigenvalue weighted by molar-refractivity contribution is 0.643. The molecule has 1 heterocycles. The number of nitrogens with zero attached hydrogens (tertiary/aromatic N) is 3. The van der Waals surface area contributed by atoms with Crippen molar-refractivity contribution in [2.24, 2.45) is 10.2 Å². The van der Waals surface area contributed by atoms with Gasteiger partial charge in [-0.25, -0.2) is 0 Å². The molecule has 0 saturated heterocycles. The second-order valence-electron chi connectivity index (χ2n) is 3.95. The van der Waals surface area contributed by atoms with E-state index in [1.807, 2.05) is 0 Å². The van der Waals surface area contributed by atoms with Crippen molar-refractivity contribution in [2.75, 3.05) is 0 Å². The minimum absolute atomic E-state index is 0.413. The first-order valence-electron chi connectivity index (χ1n) is 5.38. The van der Waals surface area contributed by atoms with Crippen LogP contribution in [0.5, 0.6) is 0 Å². The fraction of sp³-hybridized carbons (Fsp3) is 0.727. The zero-order valence-electron chi connectivity index (χ0n) is 8.32. The smallest absolute Gasteiger partial charge is 0.0940 e. The molecule has 0 amide bonds. The Kier molecular flexibility index (Phi) is 2.93. The van der Waals surface area contributed by atoms with Crippen LogP contribution in [0.25, 0.3) is 0 Å². The van der Waals surface area contributed by atoms with Gasteiger partial charge in [-0.15, -0.1) is 0 Å². The average Bonchev–Trinajstić information content (AvgIpc) is 2.77. The van der Waals surface area contributed by atoms with E-state index in [1.165, 1.54) is 18.4 Å². The van der Waals surface area contributed by atoms with Gasteiger partial charge in [-0.1, -0.05) is 6.08 Å². The third-order valence-corrected chi connectivity index (χ3v) is 2.95. The van der Waals surface area contributed by atoms with Crippen molar-refractivity contribution >= 4 is 0 Å². The number of hydrogen-bond donors (Lipinski definition) is 0. The summed E-state index contributed by atoms with van der Waals surface area (Å²) in [5, 5.41) is 16.8. The highest BCUT2D eigenvalue weighted by Crippen LogP contribution is 2.36. The number of unbranched alkanes of at least 4 members (excludes halogenated alkanes) is 3. The Labute approximate surface area is 84.5 Å². The summed E-state index contributed by atoms with van der Waals surface area (Å²) >= 11 is 0. The summed E-state index contributed by atoms with van der Waals surface area (Å²) in [7, 11) is 0. The molecule has 14 heavy (non-hydrogen) atoms. The molecule has 3 heteroatoms. The van der Waals surface area contributed by atoms with E-state index in [4.69, 9.17) is 5.26 Å². The first-order chi connectivity index (χ1) is 6.92. The van der Waals surface area contributed by atoms with Gasteiger partial charge in [-0.05, 0) is 37.7 Å². The van der Waals surface area contributed by atoms with Gasteiger partial charge in [0.2, 0.25) is 0 Å². The summed E-state index contributed by atoms with van der Waals surface area (Å²) in [6.45, 7) is 0. The summed E-state index contributed by atoms with van der Waals surface area (Å²) in [5.41, 5.74) is 1.45. The molecule has 2 rings (SSSR count). The molecule has 3 nitrogen and oxygen atoms in total. The van der Waals surface area contributed by atoms with Crippen molar-refractivity contribution in [3.63, 3.8) is 0 Å². The molecule has 1 fully saturated rings. The Morgan fingerprint density at radius 3 is 2.57 bits per heavy atom. The van der Waals surface area contributed by atoms with Gasteiger partial charge < -0.3 is 0 Å². The molecular formula is C11H15N3. The Morgan fingerprint density at radius 2 is 2.00 bits per heavy atom. The molecule has 1 aliphatic heterocycles. The lowest BCUT2D eigenvalue weighted by Crippen LogP contribution is -1.98. The van der Waals surface area contributed by atoms with Crippen LogP contribution in [0.15, 0.2) is 21.9 Å². The molecule has 2 aliphatic rings. The zero-order chi connectivity index (χ0) is 9.80. The van der Waals surface area contributed by atoms with Gasteiger partial charge in [0.15, 0.2) is 0 Å². The number of nitriles is 1. The monoisotopic (exact) mass is 189 g/mol. The summed E-state index contributed by atoms with van der Waals surface area (Å²) in [5.74, 6) is 0. The van der Waals surface area contributed by atoms with Crippen LogP contribution in [0.1, 0.15) is 38.5 Å². The predicted octanol–water partition coefficient (Wildman–Crippen LogP) is 2.99. The van der Waals surface area contributed by atoms with Gasteiger partial charge in [0, 0.05) is 6.42 Å². The number of allylic oxidation sites excluding steroid dienone is 1. The van der Waals surface area contributed by atoms with Crippen LogP contribution in [-0.4, -0.2) is 12.1 Å². The quantitative estimate of drug-likeness (QED) is 0.495. The highest BCUT2D eigenvalue weighted by Gasteiger charge is 2.34. The van der Waals surface area contributed by atoms with Gasteiger partial charge in [0.25, 0.3) is 0 Å². The van der Waals surface area contributed by atoms with E-state index < -0.39 is 0 Å². The lowest BCUT2D eigenvalue weighted by atomic mass is 10.1. The van der Waals surface area contributed by atoms with Crippen molar-refractivity contribution < 1.29 is 0 Å². The van der Waals surface area contributed by atoms with Gasteiger partial charge in [-0.2, -0.15) is 15.5 Å². The van der Waals surface area contributed by atoms with Crippen molar-refractivity contribution in [3.05, 3.63) is 11.6 Å². The van der Waals surface area contributed by atoms with E-state index in [-0.39, 0.29) is 0 Å². The molecule has 0 radical (unpaired) electrons. The maximum Gasteiger partial charge on any atom is 0.0940 e. The van der Waals surface area contributed by atoms with Crippen LogP contribution in [0.4, 0.5) is 0 Å². The Balaban J connectivity index is 1.75. The largest absolute Gasteiger partial charge is 0.198 e. The number of azo groups is 1. The summed E-state index contributed by atoms with van der Waals surface area (Å²) in [4.78, 5) is 0. The Hall–Kier alpha value is -1.17. The summed E-state index contributed by atoms with van der Waals surface area (Å²) < 4.78 is 0. The number of fused-ring (bicyclic) bond motifs is 2. The van der Waals surface area contributed by atoms with Crippen LogP contribution in [0.3, 0.4) is 0 Å². The van der Waals surface area contributed by atoms with Gasteiger partial charge in [-0.3, -0.25) is 0 Å². The fourth-order valence-corrected chi connectivity index (χ4v) is 2.17. The first kappa shape index (κ1) is 9.39. The molecule has 0 N–H and O–H groups in total. The summed E-state index contributed by atoms with van der Waals surface area (Å²) in [6.07, 6.45) is 8.61. The highest BCUT2D eigenvalue weighted by molar-refractivity contribution is 5.26. The Bertz CT molecular complexity index is 282. The minimum atomic E-state index is 0.413. The van der Waals surface area contributed by atoms with Crippen LogP contribution < -0.4 is 0 Å². The molecule has 1 saturated carbocycles. The van der Waals surface area contributed by atoms with Crippen LogP contribution in [0, 0.1) is 11.3 Å². The molecular weight excluding hydrogens is 174 g/mol. The lowest BCUT2D eigenvalue weighted by Gasteiger charge is -1.99. The molecule has 0 aromatic heterocycles. The molecule has 1 aliphatic carbocycles. The van der Waals surface area contributed by atoms with Gasteiger partial charge >= 0.3 is 0 Å². The van der Waals surface area contributed by atoms with E-state index in [1.54, 1.807) is 0 Å². The summed E-state index contributed by atoms with van der Waals surface area (Å²) in [6, 6.07) is 2.99. The number of rotatable bonds is 4. The molecule has 2 atom stereocenters. The van der Waals surface area contributed by atoms with E-state index >= 15 is 0 Å². The second kappa shape index (κ2) is 4.36. The van der Waals surface area contributed by atoms with Crippen LogP contribution in [0.2, 0.25) is 0 Å². The van der Waals surface area contributed by atoms with Crippen LogP contribution in [-0.2, 0) is 0 Å². The van der Waals surface area contributed by atoms with E-state index in [0.29, 0.717) is 18.5 Å². The molecule has 0 aromatic carbocycles. The molecule has 0 aromatic rings. The maximum atomic E-state index is 8.38. The normalized spacial score (nSPS) is 31.2. The topological polar surface area (TPSA) is 48.5 Å². The maximum absolute atomic E-state index is 8.38. The van der Waals surface area contributed by atoms with E-state index in [9.17, 15) is 0 Å². The Morgan fingerprint density at radius 1 is 1.29 bits per heavy atom. The van der Waals surface area contributed by atoms with Crippen molar-refractivity contribution in [2.45, 2.75) is 50.6 Å².